The fourth-order valence-corrected chi connectivity index (χ4v) is 2.01. The van der Waals surface area contributed by atoms with E-state index < -0.39 is 0 Å². The van der Waals surface area contributed by atoms with Crippen molar-refractivity contribution in [3.8, 4) is 0 Å². The second kappa shape index (κ2) is 2.19. The predicted molar refractivity (Wildman–Crippen MR) is 55.3 cm³/mol. The molecular formula is C11H14N2. The van der Waals surface area contributed by atoms with Gasteiger partial charge in [0.05, 0.1) is 16.9 Å². The Bertz CT molecular complexity index is 353. The van der Waals surface area contributed by atoms with Crippen LogP contribution in [0.5, 0.6) is 0 Å². The average Bonchev–Trinajstić information content (AvgIpc) is 2.88. The fourth-order valence-electron chi connectivity index (χ4n) is 2.01. The lowest BCUT2D eigenvalue weighted by atomic mass is 10.1. The van der Waals surface area contributed by atoms with Crippen LogP contribution in [0.25, 0.3) is 0 Å². The first-order chi connectivity index (χ1) is 6.29. The van der Waals surface area contributed by atoms with Crippen LogP contribution in [0.3, 0.4) is 0 Å². The minimum Gasteiger partial charge on any atom is -0.381 e. The molecule has 2 N–H and O–H groups in total. The lowest BCUT2D eigenvalue weighted by Crippen LogP contribution is -2.35. The Morgan fingerprint density at radius 1 is 1.31 bits per heavy atom. The zero-order valence-corrected chi connectivity index (χ0v) is 7.85. The summed E-state index contributed by atoms with van der Waals surface area (Å²) in [6.07, 6.45) is 2.63. The minimum absolute atomic E-state index is 0.402. The van der Waals surface area contributed by atoms with Gasteiger partial charge in [0.25, 0.3) is 0 Å². The van der Waals surface area contributed by atoms with Gasteiger partial charge in [-0.2, -0.15) is 0 Å². The molecule has 0 atom stereocenters. The first-order valence-electron chi connectivity index (χ1n) is 4.91. The van der Waals surface area contributed by atoms with E-state index in [0.717, 1.165) is 6.54 Å². The number of para-hydroxylation sites is 1. The van der Waals surface area contributed by atoms with E-state index in [1.54, 1.807) is 0 Å². The van der Waals surface area contributed by atoms with Crippen LogP contribution in [-0.4, -0.2) is 12.1 Å². The number of anilines is 2. The van der Waals surface area contributed by atoms with Crippen molar-refractivity contribution in [2.45, 2.75) is 25.3 Å². The van der Waals surface area contributed by atoms with Crippen molar-refractivity contribution in [3.05, 3.63) is 23.8 Å². The van der Waals surface area contributed by atoms with E-state index in [0.29, 0.717) is 5.54 Å². The molecule has 0 unspecified atom stereocenters. The van der Waals surface area contributed by atoms with E-state index in [2.05, 4.69) is 35.8 Å². The smallest absolute Gasteiger partial charge is 0.0610 e. The molecule has 0 amide bonds. The summed E-state index contributed by atoms with van der Waals surface area (Å²) >= 11 is 0. The molecule has 1 aromatic carbocycles. The third kappa shape index (κ3) is 1.01. The summed E-state index contributed by atoms with van der Waals surface area (Å²) in [5, 5.41) is 7.15. The zero-order chi connectivity index (χ0) is 8.89. The number of rotatable bonds is 0. The molecule has 1 fully saturated rings. The van der Waals surface area contributed by atoms with Gasteiger partial charge in [-0.05, 0) is 31.4 Å². The first kappa shape index (κ1) is 7.25. The van der Waals surface area contributed by atoms with Crippen LogP contribution in [0.15, 0.2) is 18.2 Å². The highest BCUT2D eigenvalue weighted by Gasteiger charge is 2.44. The second-order valence-corrected chi connectivity index (χ2v) is 4.26. The van der Waals surface area contributed by atoms with Gasteiger partial charge in [-0.3, -0.25) is 0 Å². The van der Waals surface area contributed by atoms with E-state index in [-0.39, 0.29) is 0 Å². The summed E-state index contributed by atoms with van der Waals surface area (Å²) in [4.78, 5) is 0. The van der Waals surface area contributed by atoms with Gasteiger partial charge < -0.3 is 10.6 Å². The van der Waals surface area contributed by atoms with Gasteiger partial charge in [0.15, 0.2) is 0 Å². The third-order valence-electron chi connectivity index (χ3n) is 3.13. The molecule has 1 spiro atoms. The van der Waals surface area contributed by atoms with Crippen molar-refractivity contribution in [3.63, 3.8) is 0 Å². The van der Waals surface area contributed by atoms with Gasteiger partial charge in [-0.25, -0.2) is 0 Å². The van der Waals surface area contributed by atoms with Crippen molar-refractivity contribution in [2.24, 2.45) is 0 Å². The van der Waals surface area contributed by atoms with Crippen LogP contribution in [0, 0.1) is 6.92 Å². The maximum Gasteiger partial charge on any atom is 0.0610 e. The van der Waals surface area contributed by atoms with Crippen LogP contribution in [0.4, 0.5) is 11.4 Å². The predicted octanol–water partition coefficient (Wildman–Crippen LogP) is 2.37. The Balaban J connectivity index is 2.06. The van der Waals surface area contributed by atoms with Crippen molar-refractivity contribution < 1.29 is 0 Å². The van der Waals surface area contributed by atoms with E-state index in [4.69, 9.17) is 0 Å². The lowest BCUT2D eigenvalue weighted by Gasteiger charge is -2.29. The van der Waals surface area contributed by atoms with Gasteiger partial charge in [0.2, 0.25) is 0 Å². The third-order valence-corrected chi connectivity index (χ3v) is 3.13. The molecule has 1 aromatic rings. The highest BCUT2D eigenvalue weighted by molar-refractivity contribution is 5.76. The molecule has 2 aliphatic rings. The zero-order valence-electron chi connectivity index (χ0n) is 7.85. The number of benzene rings is 1. The van der Waals surface area contributed by atoms with E-state index >= 15 is 0 Å². The molecule has 1 aliphatic carbocycles. The number of hydrogen-bond donors (Lipinski definition) is 2. The molecule has 3 rings (SSSR count). The van der Waals surface area contributed by atoms with Crippen molar-refractivity contribution in [1.82, 2.24) is 0 Å². The Morgan fingerprint density at radius 3 is 2.92 bits per heavy atom. The number of nitrogens with one attached hydrogen (secondary N) is 2. The molecule has 0 bridgehead atoms. The average molecular weight is 174 g/mol. The number of aryl methyl sites for hydroxylation is 1. The molecule has 2 heteroatoms. The quantitative estimate of drug-likeness (QED) is 0.631. The topological polar surface area (TPSA) is 24.1 Å². The number of fused-ring (bicyclic) bond motifs is 1. The standard InChI is InChI=1S/C11H14N2/c1-8-3-2-4-9-10(8)13-11(5-6-11)7-12-9/h2-4,12-13H,5-7H2,1H3. The molecule has 2 nitrogen and oxygen atoms in total. The highest BCUT2D eigenvalue weighted by atomic mass is 15.1. The largest absolute Gasteiger partial charge is 0.381 e. The summed E-state index contributed by atoms with van der Waals surface area (Å²) < 4.78 is 0. The van der Waals surface area contributed by atoms with Crippen LogP contribution < -0.4 is 10.6 Å². The van der Waals surface area contributed by atoms with Crippen molar-refractivity contribution in [2.75, 3.05) is 17.2 Å². The summed E-state index contributed by atoms with van der Waals surface area (Å²) in [5.41, 5.74) is 4.32. The summed E-state index contributed by atoms with van der Waals surface area (Å²) in [7, 11) is 0. The van der Waals surface area contributed by atoms with Crippen molar-refractivity contribution in [1.29, 1.82) is 0 Å². The number of hydrogen-bond acceptors (Lipinski definition) is 2. The minimum atomic E-state index is 0.402. The molecule has 13 heavy (non-hydrogen) atoms. The Kier molecular flexibility index (Phi) is 1.22. The first-order valence-corrected chi connectivity index (χ1v) is 4.91. The maximum absolute atomic E-state index is 3.65. The van der Waals surface area contributed by atoms with Gasteiger partial charge in [0, 0.05) is 6.54 Å². The Labute approximate surface area is 78.3 Å². The molecule has 1 aliphatic heterocycles. The molecule has 0 aromatic heterocycles. The van der Waals surface area contributed by atoms with Crippen LogP contribution in [0.2, 0.25) is 0 Å². The van der Waals surface area contributed by atoms with Gasteiger partial charge >= 0.3 is 0 Å². The summed E-state index contributed by atoms with van der Waals surface area (Å²) in [6.45, 7) is 3.25. The van der Waals surface area contributed by atoms with Crippen LogP contribution in [-0.2, 0) is 0 Å². The SMILES string of the molecule is Cc1cccc2c1NC1(CC1)CN2. The molecule has 1 saturated carbocycles. The van der Waals surface area contributed by atoms with Crippen LogP contribution in [0.1, 0.15) is 18.4 Å². The van der Waals surface area contributed by atoms with Gasteiger partial charge in [-0.15, -0.1) is 0 Å². The maximum atomic E-state index is 3.65. The van der Waals surface area contributed by atoms with Crippen molar-refractivity contribution >= 4 is 11.4 Å². The normalized spacial score (nSPS) is 21.6. The van der Waals surface area contributed by atoms with E-state index in [1.165, 1.54) is 29.8 Å². The monoisotopic (exact) mass is 174 g/mol. The fraction of sp³-hybridized carbons (Fsp3) is 0.455. The van der Waals surface area contributed by atoms with Gasteiger partial charge in [-0.1, -0.05) is 12.1 Å². The lowest BCUT2D eigenvalue weighted by molar-refractivity contribution is 0.753. The Hall–Kier alpha value is -1.18. The Morgan fingerprint density at radius 2 is 2.15 bits per heavy atom. The molecular weight excluding hydrogens is 160 g/mol. The summed E-state index contributed by atoms with van der Waals surface area (Å²) in [6, 6.07) is 6.41. The summed E-state index contributed by atoms with van der Waals surface area (Å²) in [5.74, 6) is 0. The molecule has 1 heterocycles. The highest BCUT2D eigenvalue weighted by Crippen LogP contribution is 2.44. The van der Waals surface area contributed by atoms with E-state index in [9.17, 15) is 0 Å². The van der Waals surface area contributed by atoms with Crippen LogP contribution >= 0.6 is 0 Å². The second-order valence-electron chi connectivity index (χ2n) is 4.26. The molecule has 68 valence electrons. The molecule has 0 saturated heterocycles. The molecule has 0 radical (unpaired) electrons. The van der Waals surface area contributed by atoms with E-state index in [1.807, 2.05) is 0 Å². The van der Waals surface area contributed by atoms with Gasteiger partial charge in [0.1, 0.15) is 0 Å².